The van der Waals surface area contributed by atoms with Crippen molar-refractivity contribution in [2.24, 2.45) is 11.7 Å². The van der Waals surface area contributed by atoms with E-state index < -0.39 is 11.5 Å². The lowest BCUT2D eigenvalue weighted by Crippen LogP contribution is -2.51. The van der Waals surface area contributed by atoms with Gasteiger partial charge in [-0.2, -0.15) is 0 Å². The molecule has 2 unspecified atom stereocenters. The number of carboxylic acid groups (broad SMARTS) is 1. The molecule has 4 nitrogen and oxygen atoms in total. The average molecular weight is 291 g/mol. The van der Waals surface area contributed by atoms with Crippen molar-refractivity contribution < 1.29 is 14.6 Å². The molecular formula is C17H25NO3. The van der Waals surface area contributed by atoms with Gasteiger partial charge in [-0.3, -0.25) is 4.79 Å². The van der Waals surface area contributed by atoms with Crippen molar-refractivity contribution in [3.63, 3.8) is 0 Å². The maximum Gasteiger partial charge on any atom is 0.323 e. The number of carboxylic acids is 1. The molecule has 0 bridgehead atoms. The van der Waals surface area contributed by atoms with Crippen molar-refractivity contribution >= 4 is 5.97 Å². The highest BCUT2D eigenvalue weighted by atomic mass is 16.5. The van der Waals surface area contributed by atoms with E-state index in [-0.39, 0.29) is 5.92 Å². The second-order valence-electron chi connectivity index (χ2n) is 6.30. The molecule has 1 aromatic rings. The molecule has 1 aliphatic carbocycles. The van der Waals surface area contributed by atoms with Gasteiger partial charge in [0.1, 0.15) is 11.3 Å². The summed E-state index contributed by atoms with van der Waals surface area (Å²) in [7, 11) is 0. The zero-order chi connectivity index (χ0) is 15.6. The minimum Gasteiger partial charge on any atom is -0.493 e. The topological polar surface area (TPSA) is 72.5 Å². The van der Waals surface area contributed by atoms with Crippen molar-refractivity contribution in [3.05, 3.63) is 28.8 Å². The fourth-order valence-corrected chi connectivity index (χ4v) is 3.48. The predicted octanol–water partition coefficient (Wildman–Crippen LogP) is 2.96. The Labute approximate surface area is 126 Å². The van der Waals surface area contributed by atoms with E-state index in [0.29, 0.717) is 19.4 Å². The maximum atomic E-state index is 11.3. The van der Waals surface area contributed by atoms with Crippen LogP contribution in [0.25, 0.3) is 0 Å². The third-order valence-corrected chi connectivity index (χ3v) is 4.59. The minimum atomic E-state index is -1.07. The smallest absolute Gasteiger partial charge is 0.323 e. The molecule has 1 aromatic carbocycles. The Morgan fingerprint density at radius 2 is 2.00 bits per heavy atom. The van der Waals surface area contributed by atoms with Crippen LogP contribution in [0.3, 0.4) is 0 Å². The van der Waals surface area contributed by atoms with Crippen molar-refractivity contribution in [2.75, 3.05) is 6.61 Å². The van der Waals surface area contributed by atoms with Crippen LogP contribution in [0.2, 0.25) is 0 Å². The van der Waals surface area contributed by atoms with Crippen LogP contribution in [0, 0.1) is 26.7 Å². The number of hydrogen-bond donors (Lipinski definition) is 2. The van der Waals surface area contributed by atoms with E-state index in [9.17, 15) is 9.90 Å². The summed E-state index contributed by atoms with van der Waals surface area (Å²) in [6, 6.07) is 4.20. The first-order chi connectivity index (χ1) is 9.84. The first-order valence-electron chi connectivity index (χ1n) is 7.57. The molecule has 3 N–H and O–H groups in total. The van der Waals surface area contributed by atoms with Crippen molar-refractivity contribution in [1.82, 2.24) is 0 Å². The van der Waals surface area contributed by atoms with E-state index >= 15 is 0 Å². The Bertz CT molecular complexity index is 518. The van der Waals surface area contributed by atoms with Gasteiger partial charge in [0.2, 0.25) is 0 Å². The summed E-state index contributed by atoms with van der Waals surface area (Å²) >= 11 is 0. The molecule has 0 heterocycles. The minimum absolute atomic E-state index is 0.000982. The second-order valence-corrected chi connectivity index (χ2v) is 6.30. The highest BCUT2D eigenvalue weighted by molar-refractivity contribution is 5.79. The van der Waals surface area contributed by atoms with Crippen molar-refractivity contribution in [1.29, 1.82) is 0 Å². The molecule has 0 saturated heterocycles. The molecule has 2 atom stereocenters. The zero-order valence-corrected chi connectivity index (χ0v) is 13.1. The Morgan fingerprint density at radius 3 is 2.57 bits per heavy atom. The number of hydrogen-bond acceptors (Lipinski definition) is 3. The molecule has 0 spiro atoms. The predicted molar refractivity (Wildman–Crippen MR) is 82.7 cm³/mol. The summed E-state index contributed by atoms with van der Waals surface area (Å²) in [4.78, 5) is 11.3. The number of rotatable bonds is 5. The second kappa shape index (κ2) is 6.06. The number of aliphatic carboxylic acids is 1. The highest BCUT2D eigenvalue weighted by Crippen LogP contribution is 2.36. The van der Waals surface area contributed by atoms with Gasteiger partial charge in [0, 0.05) is 0 Å². The molecular weight excluding hydrogens is 266 g/mol. The summed E-state index contributed by atoms with van der Waals surface area (Å²) in [5, 5.41) is 9.31. The fraction of sp³-hybridized carbons (Fsp3) is 0.588. The first-order valence-corrected chi connectivity index (χ1v) is 7.57. The van der Waals surface area contributed by atoms with Crippen LogP contribution in [-0.4, -0.2) is 23.2 Å². The molecule has 0 radical (unpaired) electrons. The van der Waals surface area contributed by atoms with E-state index in [1.54, 1.807) is 0 Å². The first kappa shape index (κ1) is 15.8. The van der Waals surface area contributed by atoms with Crippen LogP contribution < -0.4 is 10.5 Å². The molecule has 4 heteroatoms. The van der Waals surface area contributed by atoms with Gasteiger partial charge < -0.3 is 15.6 Å². The van der Waals surface area contributed by atoms with Gasteiger partial charge in [-0.15, -0.1) is 0 Å². The normalized spacial score (nSPS) is 25.0. The van der Waals surface area contributed by atoms with E-state index in [0.717, 1.165) is 29.7 Å². The van der Waals surface area contributed by atoms with Crippen LogP contribution in [0.5, 0.6) is 5.75 Å². The van der Waals surface area contributed by atoms with E-state index in [1.807, 2.05) is 13.8 Å². The summed E-state index contributed by atoms with van der Waals surface area (Å²) in [5.74, 6) is 0.0327. The monoisotopic (exact) mass is 291 g/mol. The molecule has 0 amide bonds. The molecule has 21 heavy (non-hydrogen) atoms. The number of carbonyl (C=O) groups is 1. The van der Waals surface area contributed by atoms with Crippen LogP contribution in [-0.2, 0) is 4.79 Å². The molecule has 0 aliphatic heterocycles. The standard InChI is InChI=1S/C17H25NO3/c1-11-9-12(2)15(13(3)10-11)21-8-6-14-5-4-7-17(14,18)16(19)20/h9-10,14H,4-8,18H2,1-3H3,(H,19,20). The lowest BCUT2D eigenvalue weighted by atomic mass is 9.86. The van der Waals surface area contributed by atoms with Crippen molar-refractivity contribution in [2.45, 2.75) is 52.0 Å². The summed E-state index contributed by atoms with van der Waals surface area (Å²) in [6.07, 6.45) is 3.01. The Morgan fingerprint density at radius 1 is 1.38 bits per heavy atom. The SMILES string of the molecule is Cc1cc(C)c(OCCC2CCCC2(N)C(=O)O)c(C)c1. The van der Waals surface area contributed by atoms with E-state index in [2.05, 4.69) is 19.1 Å². The third kappa shape index (κ3) is 3.21. The van der Waals surface area contributed by atoms with Crippen LogP contribution >= 0.6 is 0 Å². The molecule has 1 fully saturated rings. The largest absolute Gasteiger partial charge is 0.493 e. The Balaban J connectivity index is 1.98. The average Bonchev–Trinajstić information content (AvgIpc) is 2.75. The fourth-order valence-electron chi connectivity index (χ4n) is 3.48. The van der Waals surface area contributed by atoms with E-state index in [1.165, 1.54) is 5.56 Å². The number of ether oxygens (including phenoxy) is 1. The van der Waals surface area contributed by atoms with E-state index in [4.69, 9.17) is 10.5 Å². The molecule has 0 aromatic heterocycles. The van der Waals surface area contributed by atoms with Crippen LogP contribution in [0.1, 0.15) is 42.4 Å². The summed E-state index contributed by atoms with van der Waals surface area (Å²) in [6.45, 7) is 6.66. The van der Waals surface area contributed by atoms with Gasteiger partial charge >= 0.3 is 5.97 Å². The Kier molecular flexibility index (Phi) is 4.57. The summed E-state index contributed by atoms with van der Waals surface area (Å²) < 4.78 is 5.91. The quantitative estimate of drug-likeness (QED) is 0.875. The Hall–Kier alpha value is -1.55. The number of aryl methyl sites for hydroxylation is 3. The van der Waals surface area contributed by atoms with Gasteiger partial charge in [0.25, 0.3) is 0 Å². The highest BCUT2D eigenvalue weighted by Gasteiger charge is 2.45. The zero-order valence-electron chi connectivity index (χ0n) is 13.1. The van der Waals surface area contributed by atoms with Gasteiger partial charge in [-0.25, -0.2) is 0 Å². The lowest BCUT2D eigenvalue weighted by Gasteiger charge is -2.27. The maximum absolute atomic E-state index is 11.3. The van der Waals surface area contributed by atoms with Gasteiger partial charge in [-0.1, -0.05) is 24.1 Å². The van der Waals surface area contributed by atoms with Crippen LogP contribution in [0.15, 0.2) is 12.1 Å². The van der Waals surface area contributed by atoms with Crippen molar-refractivity contribution in [3.8, 4) is 5.75 Å². The number of benzene rings is 1. The third-order valence-electron chi connectivity index (χ3n) is 4.59. The molecule has 1 saturated carbocycles. The van der Waals surface area contributed by atoms with Crippen LogP contribution in [0.4, 0.5) is 0 Å². The van der Waals surface area contributed by atoms with Gasteiger partial charge in [-0.05, 0) is 57.1 Å². The summed E-state index contributed by atoms with van der Waals surface area (Å²) in [5.41, 5.74) is 8.45. The number of nitrogens with two attached hydrogens (primary N) is 1. The molecule has 116 valence electrons. The van der Waals surface area contributed by atoms with Gasteiger partial charge in [0.15, 0.2) is 0 Å². The van der Waals surface area contributed by atoms with Gasteiger partial charge in [0.05, 0.1) is 6.61 Å². The molecule has 2 rings (SSSR count). The lowest BCUT2D eigenvalue weighted by molar-refractivity contribution is -0.144. The molecule has 1 aliphatic rings.